The third kappa shape index (κ3) is 7.69. The predicted octanol–water partition coefficient (Wildman–Crippen LogP) is 4.12. The number of fused-ring (bicyclic) bond motifs is 1. The van der Waals surface area contributed by atoms with Crippen LogP contribution in [0.3, 0.4) is 0 Å². The molecule has 3 N–H and O–H groups in total. The molecule has 0 unspecified atom stereocenters. The SMILES string of the molecule is CN(CCCc1ccc(CN)c(F)c1)CCNS(=O)(=O)c1ccc2ccccc2c1.Cl.Cl. The van der Waals surface area contributed by atoms with Gasteiger partial charge in [0, 0.05) is 25.2 Å². The van der Waals surface area contributed by atoms with Crippen LogP contribution in [0.15, 0.2) is 65.6 Å². The zero-order chi connectivity index (χ0) is 21.6. The molecule has 0 spiro atoms. The summed E-state index contributed by atoms with van der Waals surface area (Å²) in [6.45, 7) is 1.90. The van der Waals surface area contributed by atoms with Crippen LogP contribution in [0.5, 0.6) is 0 Å². The van der Waals surface area contributed by atoms with E-state index in [0.717, 1.165) is 35.7 Å². The zero-order valence-corrected chi connectivity index (χ0v) is 20.4. The van der Waals surface area contributed by atoms with Crippen molar-refractivity contribution in [1.29, 1.82) is 0 Å². The predicted molar refractivity (Wildman–Crippen MR) is 134 cm³/mol. The molecule has 0 radical (unpaired) electrons. The molecule has 176 valence electrons. The first-order valence-corrected chi connectivity index (χ1v) is 11.5. The molecule has 0 aliphatic rings. The highest BCUT2D eigenvalue weighted by Gasteiger charge is 2.14. The van der Waals surface area contributed by atoms with Crippen molar-refractivity contribution in [1.82, 2.24) is 9.62 Å². The standard InChI is InChI=1S/C23H28FN3O2S.2ClH/c1-27(13-4-5-18-8-9-21(17-25)23(24)15-18)14-12-26-30(28,29)22-11-10-19-6-2-3-7-20(19)16-22;;/h2-3,6-11,15-16,26H,4-5,12-14,17,25H2,1H3;2*1H. The summed E-state index contributed by atoms with van der Waals surface area (Å²) in [7, 11) is -1.60. The topological polar surface area (TPSA) is 75.4 Å². The summed E-state index contributed by atoms with van der Waals surface area (Å²) in [5, 5.41) is 1.90. The number of hydrogen-bond acceptors (Lipinski definition) is 4. The highest BCUT2D eigenvalue weighted by atomic mass is 35.5. The quantitative estimate of drug-likeness (QED) is 0.438. The molecular weight excluding hydrogens is 472 g/mol. The van der Waals surface area contributed by atoms with Crippen molar-refractivity contribution in [3.05, 3.63) is 77.6 Å². The van der Waals surface area contributed by atoms with Crippen LogP contribution < -0.4 is 10.5 Å². The minimum absolute atomic E-state index is 0. The first kappa shape index (κ1) is 28.3. The van der Waals surface area contributed by atoms with Crippen LogP contribution in [-0.4, -0.2) is 40.0 Å². The minimum atomic E-state index is -3.55. The molecule has 0 saturated carbocycles. The Morgan fingerprint density at radius 1 is 0.969 bits per heavy atom. The number of sulfonamides is 1. The number of halogens is 3. The lowest BCUT2D eigenvalue weighted by Gasteiger charge is -2.17. The van der Waals surface area contributed by atoms with Crippen LogP contribution in [0, 0.1) is 5.82 Å². The van der Waals surface area contributed by atoms with Gasteiger partial charge in [-0.3, -0.25) is 0 Å². The second-order valence-electron chi connectivity index (χ2n) is 7.44. The van der Waals surface area contributed by atoms with E-state index in [1.807, 2.05) is 43.4 Å². The monoisotopic (exact) mass is 501 g/mol. The molecule has 3 aromatic rings. The lowest BCUT2D eigenvalue weighted by molar-refractivity contribution is 0.334. The van der Waals surface area contributed by atoms with Crippen LogP contribution in [0.2, 0.25) is 0 Å². The third-order valence-corrected chi connectivity index (χ3v) is 6.62. The number of rotatable bonds is 10. The average Bonchev–Trinajstić information content (AvgIpc) is 2.73. The number of nitrogens with one attached hydrogen (secondary N) is 1. The average molecular weight is 502 g/mol. The van der Waals surface area contributed by atoms with Gasteiger partial charge < -0.3 is 10.6 Å². The molecule has 9 heteroatoms. The fraction of sp³-hybridized carbons (Fsp3) is 0.304. The molecule has 0 saturated heterocycles. The Kier molecular flexibility index (Phi) is 11.6. The van der Waals surface area contributed by atoms with Gasteiger partial charge in [0.25, 0.3) is 0 Å². The molecule has 3 rings (SSSR count). The third-order valence-electron chi connectivity index (χ3n) is 5.16. The second-order valence-corrected chi connectivity index (χ2v) is 9.21. The number of nitrogens with two attached hydrogens (primary N) is 1. The Hall–Kier alpha value is -1.74. The maximum absolute atomic E-state index is 13.8. The molecule has 0 aliphatic carbocycles. The lowest BCUT2D eigenvalue weighted by atomic mass is 10.1. The molecule has 32 heavy (non-hydrogen) atoms. The molecule has 3 aromatic carbocycles. The molecule has 0 aromatic heterocycles. The van der Waals surface area contributed by atoms with Gasteiger partial charge in [0.15, 0.2) is 0 Å². The fourth-order valence-electron chi connectivity index (χ4n) is 3.37. The number of nitrogens with zero attached hydrogens (tertiary/aromatic N) is 1. The Bertz CT molecular complexity index is 1110. The van der Waals surface area contributed by atoms with Crippen LogP contribution in [0.25, 0.3) is 10.8 Å². The van der Waals surface area contributed by atoms with Crippen molar-refractivity contribution in [2.45, 2.75) is 24.3 Å². The van der Waals surface area contributed by atoms with E-state index >= 15 is 0 Å². The van der Waals surface area contributed by atoms with E-state index in [1.165, 1.54) is 0 Å². The Labute approximate surface area is 202 Å². The second kappa shape index (κ2) is 13.1. The molecule has 0 atom stereocenters. The highest BCUT2D eigenvalue weighted by molar-refractivity contribution is 7.89. The van der Waals surface area contributed by atoms with Crippen LogP contribution in [-0.2, 0) is 23.0 Å². The molecule has 5 nitrogen and oxygen atoms in total. The van der Waals surface area contributed by atoms with Crippen molar-refractivity contribution in [3.8, 4) is 0 Å². The van der Waals surface area contributed by atoms with Crippen molar-refractivity contribution in [2.75, 3.05) is 26.7 Å². The number of likely N-dealkylation sites (N-methyl/N-ethyl adjacent to an activating group) is 1. The Morgan fingerprint density at radius 2 is 1.69 bits per heavy atom. The normalized spacial score (nSPS) is 11.2. The smallest absolute Gasteiger partial charge is 0.240 e. The highest BCUT2D eigenvalue weighted by Crippen LogP contribution is 2.18. The van der Waals surface area contributed by atoms with E-state index in [4.69, 9.17) is 5.73 Å². The molecule has 0 fully saturated rings. The number of aryl methyl sites for hydroxylation is 1. The van der Waals surface area contributed by atoms with Gasteiger partial charge in [0.2, 0.25) is 10.0 Å². The number of hydrogen-bond donors (Lipinski definition) is 2. The van der Waals surface area contributed by atoms with Gasteiger partial charge >= 0.3 is 0 Å². The van der Waals surface area contributed by atoms with Crippen LogP contribution >= 0.6 is 24.8 Å². The summed E-state index contributed by atoms with van der Waals surface area (Å²) in [4.78, 5) is 2.33. The maximum atomic E-state index is 13.8. The van der Waals surface area contributed by atoms with Gasteiger partial charge in [-0.1, -0.05) is 42.5 Å². The summed E-state index contributed by atoms with van der Waals surface area (Å²) >= 11 is 0. The molecular formula is C23H30Cl2FN3O2S. The van der Waals surface area contributed by atoms with Gasteiger partial charge in [-0.2, -0.15) is 0 Å². The van der Waals surface area contributed by atoms with E-state index in [1.54, 1.807) is 24.3 Å². The largest absolute Gasteiger partial charge is 0.326 e. The summed E-state index contributed by atoms with van der Waals surface area (Å²) in [5.41, 5.74) is 6.95. The van der Waals surface area contributed by atoms with Gasteiger partial charge in [-0.05, 0) is 61.0 Å². The Morgan fingerprint density at radius 3 is 2.38 bits per heavy atom. The van der Waals surface area contributed by atoms with Gasteiger partial charge in [0.1, 0.15) is 5.82 Å². The first-order chi connectivity index (χ1) is 14.4. The lowest BCUT2D eigenvalue weighted by Crippen LogP contribution is -2.33. The first-order valence-electron chi connectivity index (χ1n) is 10.0. The fourth-order valence-corrected chi connectivity index (χ4v) is 4.42. The molecule has 0 aliphatic heterocycles. The van der Waals surface area contributed by atoms with Gasteiger partial charge in [-0.25, -0.2) is 17.5 Å². The van der Waals surface area contributed by atoms with Crippen molar-refractivity contribution < 1.29 is 12.8 Å². The van der Waals surface area contributed by atoms with E-state index in [-0.39, 0.29) is 42.1 Å². The van der Waals surface area contributed by atoms with E-state index in [0.29, 0.717) is 18.7 Å². The van der Waals surface area contributed by atoms with Gasteiger partial charge in [0.05, 0.1) is 4.90 Å². The zero-order valence-electron chi connectivity index (χ0n) is 18.0. The maximum Gasteiger partial charge on any atom is 0.240 e. The van der Waals surface area contributed by atoms with Crippen molar-refractivity contribution >= 4 is 45.6 Å². The molecule has 0 bridgehead atoms. The van der Waals surface area contributed by atoms with Crippen molar-refractivity contribution in [3.63, 3.8) is 0 Å². The summed E-state index contributed by atoms with van der Waals surface area (Å²) < 4.78 is 41.6. The van der Waals surface area contributed by atoms with E-state index < -0.39 is 10.0 Å². The van der Waals surface area contributed by atoms with E-state index in [9.17, 15) is 12.8 Å². The summed E-state index contributed by atoms with van der Waals surface area (Å²) in [6, 6.07) is 18.0. The minimum Gasteiger partial charge on any atom is -0.326 e. The van der Waals surface area contributed by atoms with Crippen LogP contribution in [0.4, 0.5) is 4.39 Å². The van der Waals surface area contributed by atoms with Gasteiger partial charge in [-0.15, -0.1) is 24.8 Å². The van der Waals surface area contributed by atoms with Crippen molar-refractivity contribution in [2.24, 2.45) is 5.73 Å². The number of benzene rings is 3. The Balaban J connectivity index is 0.00000256. The summed E-state index contributed by atoms with van der Waals surface area (Å²) in [5.74, 6) is -0.258. The summed E-state index contributed by atoms with van der Waals surface area (Å²) in [6.07, 6.45) is 1.62. The van der Waals surface area contributed by atoms with E-state index in [2.05, 4.69) is 9.62 Å². The molecule has 0 amide bonds. The van der Waals surface area contributed by atoms with Crippen LogP contribution in [0.1, 0.15) is 17.5 Å². The molecule has 0 heterocycles.